The highest BCUT2D eigenvalue weighted by molar-refractivity contribution is 5.96. The molecule has 0 aliphatic carbocycles. The van der Waals surface area contributed by atoms with E-state index in [-0.39, 0.29) is 23.7 Å². The second-order valence-corrected chi connectivity index (χ2v) is 7.86. The monoisotopic (exact) mass is 401 g/mol. The summed E-state index contributed by atoms with van der Waals surface area (Å²) in [5.74, 6) is -0.769. The SMILES string of the molecule is O=C1c2c(O)c(=O)ccn2N(C(c2ccccc2)c2ccccc2)C[C@H]2CCCN12. The molecule has 2 aliphatic rings. The number of carbonyl (C=O) groups is 1. The number of hydrogen-bond acceptors (Lipinski definition) is 4. The molecule has 3 heterocycles. The Morgan fingerprint density at radius 3 is 2.17 bits per heavy atom. The van der Waals surface area contributed by atoms with Crippen LogP contribution in [0.25, 0.3) is 0 Å². The van der Waals surface area contributed by atoms with Gasteiger partial charge >= 0.3 is 0 Å². The molecule has 3 aromatic rings. The van der Waals surface area contributed by atoms with E-state index in [0.29, 0.717) is 13.1 Å². The van der Waals surface area contributed by atoms with Gasteiger partial charge in [0.1, 0.15) is 0 Å². The fourth-order valence-electron chi connectivity index (χ4n) is 4.70. The van der Waals surface area contributed by atoms with Crippen LogP contribution in [0.3, 0.4) is 0 Å². The smallest absolute Gasteiger partial charge is 0.276 e. The number of nitrogens with zero attached hydrogens (tertiary/aromatic N) is 3. The number of amides is 1. The van der Waals surface area contributed by atoms with Crippen LogP contribution in [0.15, 0.2) is 77.7 Å². The Bertz CT molecular complexity index is 1090. The lowest BCUT2D eigenvalue weighted by Crippen LogP contribution is -2.45. The third-order valence-corrected chi connectivity index (χ3v) is 6.10. The van der Waals surface area contributed by atoms with Gasteiger partial charge in [-0.15, -0.1) is 0 Å². The first-order valence-electron chi connectivity index (χ1n) is 10.3. The molecule has 2 aromatic carbocycles. The molecular weight excluding hydrogens is 378 g/mol. The summed E-state index contributed by atoms with van der Waals surface area (Å²) in [6.45, 7) is 1.25. The van der Waals surface area contributed by atoms with Gasteiger partial charge in [-0.05, 0) is 24.0 Å². The molecule has 1 aromatic heterocycles. The second kappa shape index (κ2) is 7.37. The summed E-state index contributed by atoms with van der Waals surface area (Å²) < 4.78 is 1.68. The van der Waals surface area contributed by atoms with Gasteiger partial charge in [0.25, 0.3) is 5.91 Å². The van der Waals surface area contributed by atoms with Crippen molar-refractivity contribution in [3.05, 3.63) is 100.0 Å². The van der Waals surface area contributed by atoms with Crippen molar-refractivity contribution in [2.24, 2.45) is 0 Å². The maximum Gasteiger partial charge on any atom is 0.276 e. The minimum Gasteiger partial charge on any atom is -0.502 e. The second-order valence-electron chi connectivity index (χ2n) is 7.86. The topological polar surface area (TPSA) is 65.8 Å². The van der Waals surface area contributed by atoms with Crippen molar-refractivity contribution in [2.75, 3.05) is 18.1 Å². The third-order valence-electron chi connectivity index (χ3n) is 6.10. The van der Waals surface area contributed by atoms with Crippen LogP contribution >= 0.6 is 0 Å². The zero-order valence-electron chi connectivity index (χ0n) is 16.5. The summed E-state index contributed by atoms with van der Waals surface area (Å²) in [5.41, 5.74) is 1.66. The highest BCUT2D eigenvalue weighted by Gasteiger charge is 2.40. The standard InChI is InChI=1S/C24H23N3O3/c28-20-13-15-26-22(23(20)29)24(30)25-14-7-12-19(25)16-27(26)21(17-8-3-1-4-9-17)18-10-5-2-6-11-18/h1-6,8-11,13,15,19,21,29H,7,12,14,16H2/t19-/m1/s1. The summed E-state index contributed by atoms with van der Waals surface area (Å²) in [7, 11) is 0. The minimum absolute atomic E-state index is 0.0295. The number of aromatic nitrogens is 1. The summed E-state index contributed by atoms with van der Waals surface area (Å²) in [6, 6.07) is 21.4. The summed E-state index contributed by atoms with van der Waals surface area (Å²) >= 11 is 0. The first-order chi connectivity index (χ1) is 14.6. The van der Waals surface area contributed by atoms with Gasteiger partial charge in [0.2, 0.25) is 5.43 Å². The number of rotatable bonds is 3. The Morgan fingerprint density at radius 2 is 1.53 bits per heavy atom. The van der Waals surface area contributed by atoms with Crippen molar-refractivity contribution in [1.82, 2.24) is 9.58 Å². The van der Waals surface area contributed by atoms with E-state index in [4.69, 9.17) is 0 Å². The van der Waals surface area contributed by atoms with E-state index in [0.717, 1.165) is 24.0 Å². The van der Waals surface area contributed by atoms with E-state index < -0.39 is 11.2 Å². The van der Waals surface area contributed by atoms with Crippen molar-refractivity contribution < 1.29 is 9.90 Å². The number of hydrogen-bond donors (Lipinski definition) is 1. The van der Waals surface area contributed by atoms with Crippen molar-refractivity contribution in [1.29, 1.82) is 0 Å². The van der Waals surface area contributed by atoms with Crippen molar-refractivity contribution in [2.45, 2.75) is 24.9 Å². The predicted octanol–water partition coefficient (Wildman–Crippen LogP) is 2.90. The molecule has 1 N–H and O–H groups in total. The highest BCUT2D eigenvalue weighted by Crippen LogP contribution is 2.34. The Labute approximate surface area is 174 Å². The van der Waals surface area contributed by atoms with Crippen LogP contribution in [0.2, 0.25) is 0 Å². The van der Waals surface area contributed by atoms with E-state index in [9.17, 15) is 14.7 Å². The van der Waals surface area contributed by atoms with Crippen LogP contribution in [-0.2, 0) is 0 Å². The Balaban J connectivity index is 1.75. The van der Waals surface area contributed by atoms with E-state index in [1.807, 2.05) is 36.4 Å². The molecule has 0 bridgehead atoms. The molecule has 1 saturated heterocycles. The largest absolute Gasteiger partial charge is 0.502 e. The van der Waals surface area contributed by atoms with Gasteiger partial charge in [0.15, 0.2) is 11.4 Å². The minimum atomic E-state index is -0.539. The maximum atomic E-state index is 13.3. The van der Waals surface area contributed by atoms with Crippen LogP contribution in [0.4, 0.5) is 0 Å². The Morgan fingerprint density at radius 1 is 0.900 bits per heavy atom. The van der Waals surface area contributed by atoms with Gasteiger partial charge in [0, 0.05) is 18.8 Å². The molecule has 6 nitrogen and oxygen atoms in total. The first-order valence-corrected chi connectivity index (χ1v) is 10.3. The zero-order chi connectivity index (χ0) is 20.7. The fraction of sp³-hybridized carbons (Fsp3) is 0.250. The number of carbonyl (C=O) groups excluding carboxylic acids is 1. The lowest BCUT2D eigenvalue weighted by atomic mass is 9.97. The summed E-state index contributed by atoms with van der Waals surface area (Å²) in [6.07, 6.45) is 3.43. The lowest BCUT2D eigenvalue weighted by molar-refractivity contribution is 0.0741. The predicted molar refractivity (Wildman–Crippen MR) is 114 cm³/mol. The molecule has 152 valence electrons. The molecule has 5 rings (SSSR count). The van der Waals surface area contributed by atoms with Crippen LogP contribution < -0.4 is 10.4 Å². The number of aromatic hydroxyl groups is 1. The van der Waals surface area contributed by atoms with Crippen LogP contribution in [0.5, 0.6) is 5.75 Å². The van der Waals surface area contributed by atoms with Gasteiger partial charge in [-0.2, -0.15) is 0 Å². The highest BCUT2D eigenvalue weighted by atomic mass is 16.3. The van der Waals surface area contributed by atoms with Gasteiger partial charge in [-0.1, -0.05) is 60.7 Å². The van der Waals surface area contributed by atoms with Crippen molar-refractivity contribution in [3.8, 4) is 5.75 Å². The van der Waals surface area contributed by atoms with Gasteiger partial charge < -0.3 is 10.0 Å². The summed E-state index contributed by atoms with van der Waals surface area (Å²) in [5, 5.41) is 12.7. The average molecular weight is 401 g/mol. The molecule has 6 heteroatoms. The molecule has 1 fully saturated rings. The van der Waals surface area contributed by atoms with Crippen LogP contribution in [0.1, 0.15) is 40.5 Å². The van der Waals surface area contributed by atoms with Crippen molar-refractivity contribution in [3.63, 3.8) is 0 Å². The van der Waals surface area contributed by atoms with Gasteiger partial charge in [-0.25, -0.2) is 0 Å². The molecule has 0 unspecified atom stereocenters. The van der Waals surface area contributed by atoms with Gasteiger partial charge in [0.05, 0.1) is 18.6 Å². The van der Waals surface area contributed by atoms with Crippen molar-refractivity contribution >= 4 is 5.91 Å². The molecule has 0 saturated carbocycles. The molecule has 2 aliphatic heterocycles. The Hall–Kier alpha value is -3.54. The van der Waals surface area contributed by atoms with E-state index in [1.54, 1.807) is 15.8 Å². The summed E-state index contributed by atoms with van der Waals surface area (Å²) in [4.78, 5) is 27.3. The molecule has 0 radical (unpaired) electrons. The average Bonchev–Trinajstić information content (AvgIpc) is 3.20. The number of pyridine rings is 1. The normalized spacial score (nSPS) is 18.3. The van der Waals surface area contributed by atoms with E-state index in [1.165, 1.54) is 6.07 Å². The van der Waals surface area contributed by atoms with E-state index in [2.05, 4.69) is 29.3 Å². The molecule has 30 heavy (non-hydrogen) atoms. The zero-order valence-corrected chi connectivity index (χ0v) is 16.5. The van der Waals surface area contributed by atoms with Crippen LogP contribution in [-0.4, -0.2) is 39.7 Å². The molecule has 0 spiro atoms. The first kappa shape index (κ1) is 18.5. The van der Waals surface area contributed by atoms with Gasteiger partial charge in [-0.3, -0.25) is 19.3 Å². The number of fused-ring (bicyclic) bond motifs is 2. The number of benzene rings is 2. The fourth-order valence-corrected chi connectivity index (χ4v) is 4.70. The molecule has 1 amide bonds. The Kier molecular flexibility index (Phi) is 4.54. The quantitative estimate of drug-likeness (QED) is 0.733. The molecular formula is C24H23N3O3. The lowest BCUT2D eigenvalue weighted by Gasteiger charge is -2.37. The molecule has 1 atom stereocenters. The third kappa shape index (κ3) is 2.96. The van der Waals surface area contributed by atoms with E-state index >= 15 is 0 Å². The van der Waals surface area contributed by atoms with Crippen LogP contribution in [0, 0.1) is 0 Å². The maximum absolute atomic E-state index is 13.3.